The summed E-state index contributed by atoms with van der Waals surface area (Å²) in [4.78, 5) is 29.9. The van der Waals surface area contributed by atoms with Crippen molar-refractivity contribution in [3.05, 3.63) is 0 Å². The Morgan fingerprint density at radius 1 is 1.10 bits per heavy atom. The molecule has 2 aliphatic rings. The maximum Gasteiger partial charge on any atom is 0.236 e. The van der Waals surface area contributed by atoms with Crippen molar-refractivity contribution >= 4 is 11.8 Å². The van der Waals surface area contributed by atoms with E-state index >= 15 is 0 Å². The number of nitrogens with zero attached hydrogens (tertiary/aromatic N) is 3. The molecule has 0 aromatic heterocycles. The van der Waals surface area contributed by atoms with E-state index in [-0.39, 0.29) is 23.8 Å². The first-order chi connectivity index (χ1) is 9.47. The van der Waals surface area contributed by atoms with E-state index in [1.54, 1.807) is 0 Å². The van der Waals surface area contributed by atoms with Gasteiger partial charge in [0.15, 0.2) is 0 Å². The first kappa shape index (κ1) is 15.3. The van der Waals surface area contributed by atoms with Crippen LogP contribution < -0.4 is 5.73 Å². The van der Waals surface area contributed by atoms with Gasteiger partial charge in [-0.25, -0.2) is 0 Å². The van der Waals surface area contributed by atoms with Crippen molar-refractivity contribution in [1.29, 1.82) is 0 Å². The molecule has 1 aliphatic carbocycles. The van der Waals surface area contributed by atoms with Crippen molar-refractivity contribution in [3.63, 3.8) is 0 Å². The van der Waals surface area contributed by atoms with E-state index in [4.69, 9.17) is 5.73 Å². The minimum Gasteiger partial charge on any atom is -0.339 e. The minimum atomic E-state index is 0.106. The molecule has 2 N–H and O–H groups in total. The predicted molar refractivity (Wildman–Crippen MR) is 77.0 cm³/mol. The number of piperazine rings is 1. The molecule has 1 heterocycles. The van der Waals surface area contributed by atoms with Crippen molar-refractivity contribution < 1.29 is 9.59 Å². The quantitative estimate of drug-likeness (QED) is 0.746. The summed E-state index contributed by atoms with van der Waals surface area (Å²) in [5.41, 5.74) is 5.87. The van der Waals surface area contributed by atoms with Gasteiger partial charge in [-0.15, -0.1) is 0 Å². The zero-order valence-electron chi connectivity index (χ0n) is 12.5. The van der Waals surface area contributed by atoms with E-state index in [9.17, 15) is 9.59 Å². The van der Waals surface area contributed by atoms with Crippen molar-refractivity contribution in [2.24, 2.45) is 11.7 Å². The number of carbonyl (C=O) groups excluding carboxylic acids is 2. The Kier molecular flexibility index (Phi) is 4.99. The second-order valence-electron chi connectivity index (χ2n) is 6.21. The van der Waals surface area contributed by atoms with Crippen LogP contribution in [-0.4, -0.2) is 79.4 Å². The summed E-state index contributed by atoms with van der Waals surface area (Å²) in [6.07, 6.45) is 2.69. The van der Waals surface area contributed by atoms with Crippen LogP contribution in [0.3, 0.4) is 0 Å². The number of nitrogens with two attached hydrogens (primary N) is 1. The van der Waals surface area contributed by atoms with Crippen LogP contribution in [0.5, 0.6) is 0 Å². The number of carbonyl (C=O) groups is 2. The SMILES string of the molecule is CN(C)CC(=O)N1CCN(C(=O)C2CCC(N)C2)CC1. The molecule has 2 fully saturated rings. The lowest BCUT2D eigenvalue weighted by Gasteiger charge is -2.36. The molecule has 1 saturated heterocycles. The van der Waals surface area contributed by atoms with Crippen LogP contribution in [0.15, 0.2) is 0 Å². The van der Waals surface area contributed by atoms with Gasteiger partial charge in [0.05, 0.1) is 6.54 Å². The Morgan fingerprint density at radius 2 is 1.70 bits per heavy atom. The summed E-state index contributed by atoms with van der Waals surface area (Å²) < 4.78 is 0. The Labute approximate surface area is 120 Å². The Morgan fingerprint density at radius 3 is 2.20 bits per heavy atom. The van der Waals surface area contributed by atoms with Gasteiger partial charge in [0, 0.05) is 38.1 Å². The van der Waals surface area contributed by atoms with Gasteiger partial charge in [-0.05, 0) is 33.4 Å². The van der Waals surface area contributed by atoms with Gasteiger partial charge in [0.25, 0.3) is 0 Å². The Bertz CT molecular complexity index is 364. The Hall–Kier alpha value is -1.14. The van der Waals surface area contributed by atoms with Crippen LogP contribution >= 0.6 is 0 Å². The second kappa shape index (κ2) is 6.54. The van der Waals surface area contributed by atoms with Gasteiger partial charge in [-0.1, -0.05) is 0 Å². The fourth-order valence-electron chi connectivity index (χ4n) is 3.05. The molecule has 2 rings (SSSR count). The van der Waals surface area contributed by atoms with E-state index in [0.29, 0.717) is 32.7 Å². The molecule has 0 aromatic rings. The fraction of sp³-hybridized carbons (Fsp3) is 0.857. The lowest BCUT2D eigenvalue weighted by molar-refractivity contribution is -0.142. The number of likely N-dealkylation sites (N-methyl/N-ethyl adjacent to an activating group) is 1. The summed E-state index contributed by atoms with van der Waals surface area (Å²) in [5, 5.41) is 0. The zero-order valence-corrected chi connectivity index (χ0v) is 12.5. The van der Waals surface area contributed by atoms with Crippen LogP contribution in [-0.2, 0) is 9.59 Å². The fourth-order valence-corrected chi connectivity index (χ4v) is 3.05. The molecule has 2 unspecified atom stereocenters. The highest BCUT2D eigenvalue weighted by molar-refractivity contribution is 5.81. The molecular weight excluding hydrogens is 256 g/mol. The molecule has 2 amide bonds. The van der Waals surface area contributed by atoms with Crippen molar-refractivity contribution in [2.75, 3.05) is 46.8 Å². The van der Waals surface area contributed by atoms with Crippen molar-refractivity contribution in [2.45, 2.75) is 25.3 Å². The summed E-state index contributed by atoms with van der Waals surface area (Å²) in [5.74, 6) is 0.483. The molecule has 6 nitrogen and oxygen atoms in total. The van der Waals surface area contributed by atoms with Gasteiger partial charge >= 0.3 is 0 Å². The van der Waals surface area contributed by atoms with Gasteiger partial charge < -0.3 is 20.4 Å². The van der Waals surface area contributed by atoms with Gasteiger partial charge in [0.1, 0.15) is 0 Å². The van der Waals surface area contributed by atoms with E-state index in [0.717, 1.165) is 19.3 Å². The van der Waals surface area contributed by atoms with Crippen LogP contribution in [0, 0.1) is 5.92 Å². The highest BCUT2D eigenvalue weighted by Gasteiger charge is 2.33. The molecule has 0 bridgehead atoms. The van der Waals surface area contributed by atoms with E-state index in [2.05, 4.69) is 0 Å². The number of rotatable bonds is 3. The first-order valence-corrected chi connectivity index (χ1v) is 7.44. The van der Waals surface area contributed by atoms with Crippen LogP contribution in [0.25, 0.3) is 0 Å². The van der Waals surface area contributed by atoms with Gasteiger partial charge in [-0.3, -0.25) is 9.59 Å². The molecule has 1 saturated carbocycles. The molecule has 6 heteroatoms. The molecule has 114 valence electrons. The third-order valence-electron chi connectivity index (χ3n) is 4.22. The van der Waals surface area contributed by atoms with E-state index < -0.39 is 0 Å². The minimum absolute atomic E-state index is 0.106. The molecule has 0 aromatic carbocycles. The largest absolute Gasteiger partial charge is 0.339 e. The molecule has 0 spiro atoms. The third-order valence-corrected chi connectivity index (χ3v) is 4.22. The standard InChI is InChI=1S/C14H26N4O2/c1-16(2)10-13(19)17-5-7-18(8-6-17)14(20)11-3-4-12(15)9-11/h11-12H,3-10,15H2,1-2H3. The summed E-state index contributed by atoms with van der Waals surface area (Å²) in [6, 6.07) is 0.187. The van der Waals surface area contributed by atoms with E-state index in [1.165, 1.54) is 0 Å². The molecule has 20 heavy (non-hydrogen) atoms. The highest BCUT2D eigenvalue weighted by Crippen LogP contribution is 2.26. The van der Waals surface area contributed by atoms with Crippen molar-refractivity contribution in [3.8, 4) is 0 Å². The van der Waals surface area contributed by atoms with Crippen LogP contribution in [0.1, 0.15) is 19.3 Å². The third kappa shape index (κ3) is 3.70. The number of hydrogen-bond acceptors (Lipinski definition) is 4. The predicted octanol–water partition coefficient (Wildman–Crippen LogP) is -0.654. The molecule has 2 atom stereocenters. The maximum atomic E-state index is 12.4. The summed E-state index contributed by atoms with van der Waals surface area (Å²) in [7, 11) is 3.78. The van der Waals surface area contributed by atoms with Crippen LogP contribution in [0.4, 0.5) is 0 Å². The monoisotopic (exact) mass is 282 g/mol. The lowest BCUT2D eigenvalue weighted by atomic mass is 10.1. The van der Waals surface area contributed by atoms with Crippen molar-refractivity contribution in [1.82, 2.24) is 14.7 Å². The molecule has 0 radical (unpaired) electrons. The number of amides is 2. The summed E-state index contributed by atoms with van der Waals surface area (Å²) >= 11 is 0. The highest BCUT2D eigenvalue weighted by atomic mass is 16.2. The lowest BCUT2D eigenvalue weighted by Crippen LogP contribution is -2.53. The van der Waals surface area contributed by atoms with Crippen LogP contribution in [0.2, 0.25) is 0 Å². The maximum absolute atomic E-state index is 12.4. The topological polar surface area (TPSA) is 69.9 Å². The molecule has 1 aliphatic heterocycles. The normalized spacial score (nSPS) is 27.2. The second-order valence-corrected chi connectivity index (χ2v) is 6.21. The first-order valence-electron chi connectivity index (χ1n) is 7.44. The van der Waals surface area contributed by atoms with E-state index in [1.807, 2.05) is 28.8 Å². The zero-order chi connectivity index (χ0) is 14.7. The molecular formula is C14H26N4O2. The van der Waals surface area contributed by atoms with Gasteiger partial charge in [-0.2, -0.15) is 0 Å². The summed E-state index contributed by atoms with van der Waals surface area (Å²) in [6.45, 7) is 3.05. The smallest absolute Gasteiger partial charge is 0.236 e. The average molecular weight is 282 g/mol. The average Bonchev–Trinajstić information content (AvgIpc) is 2.84. The Balaban J connectivity index is 1.79. The number of hydrogen-bond donors (Lipinski definition) is 1. The van der Waals surface area contributed by atoms with Gasteiger partial charge in [0.2, 0.25) is 11.8 Å².